The number of aliphatic hydroxyl groups excluding tert-OH is 4. The Morgan fingerprint density at radius 2 is 1.32 bits per heavy atom. The lowest BCUT2D eigenvalue weighted by molar-refractivity contribution is -0.181. The van der Waals surface area contributed by atoms with Crippen molar-refractivity contribution in [2.24, 2.45) is 5.41 Å². The third-order valence-corrected chi connectivity index (χ3v) is 7.64. The normalized spacial score (nSPS) is 11.6. The van der Waals surface area contributed by atoms with Gasteiger partial charge >= 0.3 is 17.6 Å². The third kappa shape index (κ3) is 16.2. The monoisotopic (exact) mass is 792 g/mol. The predicted molar refractivity (Wildman–Crippen MR) is 200 cm³/mol. The molecule has 1 aromatic heterocycles. The van der Waals surface area contributed by atoms with Crippen molar-refractivity contribution in [2.45, 2.75) is 26.1 Å². The molecule has 0 aliphatic carbocycles. The second-order valence-electron chi connectivity index (χ2n) is 12.0. The van der Waals surface area contributed by atoms with E-state index in [0.29, 0.717) is 23.3 Å². The highest BCUT2D eigenvalue weighted by Gasteiger charge is 2.32. The molecule has 0 spiro atoms. The molecule has 1 heterocycles. The number of aliphatic hydroxyl groups is 4. The Morgan fingerprint density at radius 3 is 1.79 bits per heavy atom. The van der Waals surface area contributed by atoms with Gasteiger partial charge in [0, 0.05) is 37.1 Å². The maximum absolute atomic E-state index is 13.0. The second-order valence-corrected chi connectivity index (χ2v) is 12.0. The number of ketones is 1. The highest BCUT2D eigenvalue weighted by molar-refractivity contribution is 6.10. The van der Waals surface area contributed by atoms with Crippen LogP contribution in [0.25, 0.3) is 11.0 Å². The summed E-state index contributed by atoms with van der Waals surface area (Å²) in [6.07, 6.45) is 0.331. The number of fused-ring (bicyclic) bond motifs is 1. The van der Waals surface area contributed by atoms with E-state index in [-0.39, 0.29) is 102 Å². The molecule has 17 heteroatoms. The highest BCUT2D eigenvalue weighted by atomic mass is 16.7. The number of benzene rings is 2. The molecule has 4 N–H and O–H groups in total. The summed E-state index contributed by atoms with van der Waals surface area (Å²) in [5.74, 6) is -0.906. The van der Waals surface area contributed by atoms with Crippen LogP contribution in [-0.4, -0.2) is 138 Å². The van der Waals surface area contributed by atoms with Gasteiger partial charge in [0.05, 0.1) is 104 Å². The maximum atomic E-state index is 13.0. The minimum absolute atomic E-state index is 0.0425. The number of esters is 2. The van der Waals surface area contributed by atoms with Crippen molar-refractivity contribution in [3.8, 4) is 11.5 Å². The van der Waals surface area contributed by atoms with Gasteiger partial charge in [0.1, 0.15) is 22.6 Å². The minimum Gasteiger partial charge on any atom is -0.496 e. The molecule has 56 heavy (non-hydrogen) atoms. The van der Waals surface area contributed by atoms with E-state index in [1.807, 2.05) is 0 Å². The Labute approximate surface area is 324 Å². The Kier molecular flexibility index (Phi) is 22.2. The molecule has 17 nitrogen and oxygen atoms in total. The lowest BCUT2D eigenvalue weighted by Gasteiger charge is -2.32. The van der Waals surface area contributed by atoms with Gasteiger partial charge in [-0.1, -0.05) is 30.8 Å². The van der Waals surface area contributed by atoms with Crippen molar-refractivity contribution in [1.82, 2.24) is 0 Å². The number of hydrogen-bond acceptors (Lipinski definition) is 17. The molecule has 0 saturated heterocycles. The second kappa shape index (κ2) is 26.2. The zero-order valence-electron chi connectivity index (χ0n) is 31.9. The number of ether oxygens (including phenoxy) is 8. The summed E-state index contributed by atoms with van der Waals surface area (Å²) in [4.78, 5) is 48.6. The van der Waals surface area contributed by atoms with Gasteiger partial charge in [0.15, 0.2) is 5.78 Å². The number of carbonyl (C=O) groups is 3. The predicted octanol–water partition coefficient (Wildman–Crippen LogP) is 1.60. The zero-order valence-corrected chi connectivity index (χ0v) is 31.9. The van der Waals surface area contributed by atoms with E-state index in [1.54, 1.807) is 30.3 Å². The third-order valence-electron chi connectivity index (χ3n) is 7.64. The first-order chi connectivity index (χ1) is 27.0. The van der Waals surface area contributed by atoms with Gasteiger partial charge in [-0.25, -0.2) is 9.59 Å². The van der Waals surface area contributed by atoms with Gasteiger partial charge in [-0.2, -0.15) is 0 Å². The largest absolute Gasteiger partial charge is 0.496 e. The van der Waals surface area contributed by atoms with E-state index in [4.69, 9.17) is 62.7 Å². The van der Waals surface area contributed by atoms with Crippen LogP contribution in [0.15, 0.2) is 64.3 Å². The van der Waals surface area contributed by atoms with E-state index in [9.17, 15) is 19.2 Å². The molecule has 3 rings (SSSR count). The molecule has 0 saturated carbocycles. The van der Waals surface area contributed by atoms with Crippen LogP contribution in [0.3, 0.4) is 0 Å². The molecular formula is C39H52O17. The molecular weight excluding hydrogens is 740 g/mol. The number of aryl methyl sites for hydroxylation is 1. The highest BCUT2D eigenvalue weighted by Crippen LogP contribution is 2.31. The van der Waals surface area contributed by atoms with Crippen molar-refractivity contribution in [2.75, 3.05) is 93.5 Å². The van der Waals surface area contributed by atoms with Gasteiger partial charge in [0.25, 0.3) is 0 Å². The Balaban J connectivity index is 0.000000443. The van der Waals surface area contributed by atoms with Crippen LogP contribution in [0, 0.1) is 5.41 Å². The van der Waals surface area contributed by atoms with Crippen molar-refractivity contribution < 1.29 is 77.1 Å². The first-order valence-corrected chi connectivity index (χ1v) is 17.6. The summed E-state index contributed by atoms with van der Waals surface area (Å²) in [6, 6.07) is 11.1. The van der Waals surface area contributed by atoms with Crippen molar-refractivity contribution in [3.05, 3.63) is 82.2 Å². The Hall–Kier alpha value is -4.72. The van der Waals surface area contributed by atoms with Crippen LogP contribution in [0.1, 0.15) is 34.8 Å². The molecule has 1 unspecified atom stereocenters. The molecule has 0 bridgehead atoms. The molecule has 0 fully saturated rings. The minimum atomic E-state index is -1.03. The van der Waals surface area contributed by atoms with Crippen LogP contribution in [0.2, 0.25) is 0 Å². The average molecular weight is 793 g/mol. The van der Waals surface area contributed by atoms with E-state index in [1.165, 1.54) is 33.3 Å². The fraction of sp³-hybridized carbons (Fsp3) is 0.487. The molecule has 0 aliphatic rings. The maximum Gasteiger partial charge on any atom is 0.347 e. The zero-order chi connectivity index (χ0) is 41.3. The van der Waals surface area contributed by atoms with Gasteiger partial charge in [-0.05, 0) is 18.1 Å². The molecule has 2 aromatic carbocycles. The fourth-order valence-corrected chi connectivity index (χ4v) is 4.97. The van der Waals surface area contributed by atoms with E-state index in [0.717, 1.165) is 11.6 Å². The summed E-state index contributed by atoms with van der Waals surface area (Å²) in [5.41, 5.74) is -0.266. The lowest BCUT2D eigenvalue weighted by atomic mass is 9.92. The topological polar surface area (TPSA) is 236 Å². The van der Waals surface area contributed by atoms with Crippen molar-refractivity contribution in [1.29, 1.82) is 0 Å². The lowest BCUT2D eigenvalue weighted by Crippen LogP contribution is -2.42. The number of hydrogen-bond donors (Lipinski definition) is 4. The standard InChI is InChI=1S/C26H24O9.C13H28O8/c1-5-23(27)33-15(2)34-24(28)11-8-16-6-9-17(10-7-16)25(29)20-14-19-21(32-4)12-18(31-3)13-22(19)35-26(20)30;14-1-5-18-9-13(10-19-6-2-15,11-20-7-3-16)12-21-8-4-17/h5-7,9-10,12-15H,1,8,11H2,2-4H3;14-17H,1-12H2. The summed E-state index contributed by atoms with van der Waals surface area (Å²) < 4.78 is 47.1. The Morgan fingerprint density at radius 1 is 0.786 bits per heavy atom. The van der Waals surface area contributed by atoms with E-state index >= 15 is 0 Å². The van der Waals surface area contributed by atoms with Gasteiger partial charge in [0.2, 0.25) is 6.29 Å². The average Bonchev–Trinajstić information content (AvgIpc) is 3.19. The van der Waals surface area contributed by atoms with Crippen LogP contribution in [0.5, 0.6) is 11.5 Å². The Bertz CT molecular complexity index is 1660. The van der Waals surface area contributed by atoms with E-state index in [2.05, 4.69) is 6.58 Å². The van der Waals surface area contributed by atoms with Gasteiger partial charge in [-0.3, -0.25) is 9.59 Å². The van der Waals surface area contributed by atoms with Crippen LogP contribution in [-0.2, 0) is 44.4 Å². The van der Waals surface area contributed by atoms with Crippen molar-refractivity contribution >= 4 is 28.7 Å². The summed E-state index contributed by atoms with van der Waals surface area (Å²) in [6.45, 7) is 5.97. The summed E-state index contributed by atoms with van der Waals surface area (Å²) >= 11 is 0. The molecule has 1 atom stereocenters. The number of methoxy groups -OCH3 is 2. The number of rotatable bonds is 26. The SMILES string of the molecule is C=CC(=O)OC(C)OC(=O)CCc1ccc(C(=O)c2cc3c(OC)cc(OC)cc3oc2=O)cc1.OCCOCC(COCCO)(COCCO)COCCO. The molecule has 310 valence electrons. The van der Waals surface area contributed by atoms with E-state index < -0.39 is 35.1 Å². The summed E-state index contributed by atoms with van der Waals surface area (Å²) in [5, 5.41) is 35.6. The van der Waals surface area contributed by atoms with Crippen molar-refractivity contribution in [3.63, 3.8) is 0 Å². The van der Waals surface area contributed by atoms with Gasteiger partial charge in [-0.15, -0.1) is 0 Å². The molecule has 3 aromatic rings. The van der Waals surface area contributed by atoms with Crippen LogP contribution in [0.4, 0.5) is 0 Å². The summed E-state index contributed by atoms with van der Waals surface area (Å²) in [7, 11) is 2.94. The smallest absolute Gasteiger partial charge is 0.347 e. The fourth-order valence-electron chi connectivity index (χ4n) is 4.97. The molecule has 0 amide bonds. The first-order valence-electron chi connectivity index (χ1n) is 17.6. The van der Waals surface area contributed by atoms with Gasteiger partial charge < -0.3 is 62.7 Å². The first kappa shape index (κ1) is 47.4. The number of carbonyl (C=O) groups excluding carboxylic acids is 3. The quantitative estimate of drug-likeness (QED) is 0.0226. The molecule has 0 aliphatic heterocycles. The van der Waals surface area contributed by atoms with Crippen LogP contribution >= 0.6 is 0 Å². The molecule has 0 radical (unpaired) electrons. The van der Waals surface area contributed by atoms with Crippen LogP contribution < -0.4 is 15.1 Å².